The third-order valence-electron chi connectivity index (χ3n) is 7.52. The molecule has 8 heteroatoms. The second kappa shape index (κ2) is 8.36. The first-order valence-electron chi connectivity index (χ1n) is 12.1. The van der Waals surface area contributed by atoms with Crippen LogP contribution in [0.25, 0.3) is 22.2 Å². The number of benzene rings is 1. The molecule has 0 radical (unpaired) electrons. The number of hydrogen-bond acceptors (Lipinski definition) is 5. The van der Waals surface area contributed by atoms with Crippen LogP contribution in [0.3, 0.4) is 0 Å². The molecular formula is C26H29N5O2S. The van der Waals surface area contributed by atoms with Gasteiger partial charge in [0.05, 0.1) is 11.1 Å². The lowest BCUT2D eigenvalue weighted by Gasteiger charge is -2.42. The monoisotopic (exact) mass is 475 g/mol. The lowest BCUT2D eigenvalue weighted by Crippen LogP contribution is -2.46. The Hall–Kier alpha value is -2.97. The van der Waals surface area contributed by atoms with Crippen LogP contribution in [0, 0.1) is 0 Å². The fraction of sp³-hybridized carbons (Fsp3) is 0.385. The summed E-state index contributed by atoms with van der Waals surface area (Å²) in [6, 6.07) is 11.4. The van der Waals surface area contributed by atoms with Crippen molar-refractivity contribution in [3.63, 3.8) is 0 Å². The molecule has 2 fully saturated rings. The first kappa shape index (κ1) is 21.6. The van der Waals surface area contributed by atoms with Gasteiger partial charge in [0, 0.05) is 48.2 Å². The van der Waals surface area contributed by atoms with Crippen molar-refractivity contribution in [3.8, 4) is 11.1 Å². The van der Waals surface area contributed by atoms with Crippen molar-refractivity contribution in [2.75, 3.05) is 13.1 Å². The first-order valence-corrected chi connectivity index (χ1v) is 13.5. The average Bonchev–Trinajstić information content (AvgIpc) is 3.42. The molecule has 1 aromatic carbocycles. The van der Waals surface area contributed by atoms with Crippen LogP contribution in [-0.4, -0.2) is 51.2 Å². The number of fused-ring (bicyclic) bond motifs is 1. The molecule has 0 amide bonds. The van der Waals surface area contributed by atoms with Gasteiger partial charge in [0.1, 0.15) is 0 Å². The molecule has 176 valence electrons. The standard InChI is InChI=1S/C26H29N5O2S/c1-29-17-21(16-28-29)25-18-31(34(32,33)23-6-3-2-4-7-23)26-24(25)14-20(15-27-26)19-8-10-22(11-9-19)30-12-5-13-30/h2-4,6-7,14-19,22H,5,8-13H2,1H3. The van der Waals surface area contributed by atoms with Gasteiger partial charge in [0.15, 0.2) is 5.65 Å². The second-order valence-electron chi connectivity index (χ2n) is 9.59. The minimum absolute atomic E-state index is 0.250. The number of aryl methyl sites for hydroxylation is 1. The quantitative estimate of drug-likeness (QED) is 0.428. The zero-order valence-electron chi connectivity index (χ0n) is 19.3. The van der Waals surface area contributed by atoms with Gasteiger partial charge in [-0.25, -0.2) is 17.4 Å². The lowest BCUT2D eigenvalue weighted by molar-refractivity contribution is 0.0869. The maximum absolute atomic E-state index is 13.5. The van der Waals surface area contributed by atoms with E-state index in [4.69, 9.17) is 4.98 Å². The highest BCUT2D eigenvalue weighted by Crippen LogP contribution is 2.39. The molecule has 1 aliphatic heterocycles. The van der Waals surface area contributed by atoms with Gasteiger partial charge in [0.2, 0.25) is 0 Å². The molecule has 0 atom stereocenters. The van der Waals surface area contributed by atoms with Crippen molar-refractivity contribution in [2.45, 2.75) is 49.0 Å². The summed E-state index contributed by atoms with van der Waals surface area (Å²) in [5, 5.41) is 5.17. The van der Waals surface area contributed by atoms with Crippen LogP contribution in [0.1, 0.15) is 43.6 Å². The van der Waals surface area contributed by atoms with Crippen molar-refractivity contribution in [1.82, 2.24) is 23.6 Å². The van der Waals surface area contributed by atoms with E-state index in [0.717, 1.165) is 35.4 Å². The molecule has 0 unspecified atom stereocenters. The Morgan fingerprint density at radius 1 is 0.971 bits per heavy atom. The van der Waals surface area contributed by atoms with Crippen LogP contribution < -0.4 is 0 Å². The highest BCUT2D eigenvalue weighted by molar-refractivity contribution is 7.90. The van der Waals surface area contributed by atoms with Gasteiger partial charge in [0.25, 0.3) is 10.0 Å². The van der Waals surface area contributed by atoms with Gasteiger partial charge in [-0.3, -0.25) is 4.68 Å². The van der Waals surface area contributed by atoms with Crippen LogP contribution in [0.15, 0.2) is 66.1 Å². The number of likely N-dealkylation sites (tertiary alicyclic amines) is 1. The van der Waals surface area contributed by atoms with E-state index in [1.165, 1.54) is 41.9 Å². The number of hydrogen-bond donors (Lipinski definition) is 0. The fourth-order valence-corrected chi connectivity index (χ4v) is 6.82. The Bertz CT molecular complexity index is 1430. The first-order chi connectivity index (χ1) is 16.5. The fourth-order valence-electron chi connectivity index (χ4n) is 5.48. The molecule has 7 nitrogen and oxygen atoms in total. The largest absolute Gasteiger partial charge is 0.300 e. The summed E-state index contributed by atoms with van der Waals surface area (Å²) >= 11 is 0. The van der Waals surface area contributed by atoms with Crippen molar-refractivity contribution >= 4 is 21.1 Å². The molecule has 0 spiro atoms. The molecule has 2 aliphatic rings. The predicted octanol–water partition coefficient (Wildman–Crippen LogP) is 4.41. The van der Waals surface area contributed by atoms with E-state index in [0.29, 0.717) is 11.6 Å². The Balaban J connectivity index is 1.42. The van der Waals surface area contributed by atoms with E-state index in [-0.39, 0.29) is 4.90 Å². The van der Waals surface area contributed by atoms with Crippen molar-refractivity contribution in [2.24, 2.45) is 7.05 Å². The van der Waals surface area contributed by atoms with Gasteiger partial charge in [-0.2, -0.15) is 5.10 Å². The van der Waals surface area contributed by atoms with Crippen LogP contribution in [0.5, 0.6) is 0 Å². The van der Waals surface area contributed by atoms with Gasteiger partial charge < -0.3 is 4.90 Å². The summed E-state index contributed by atoms with van der Waals surface area (Å²) in [6.45, 7) is 2.50. The zero-order valence-corrected chi connectivity index (χ0v) is 20.2. The van der Waals surface area contributed by atoms with E-state index in [1.807, 2.05) is 25.5 Å². The minimum Gasteiger partial charge on any atom is -0.300 e. The molecule has 0 N–H and O–H groups in total. The van der Waals surface area contributed by atoms with Gasteiger partial charge in [-0.05, 0) is 74.9 Å². The van der Waals surface area contributed by atoms with Gasteiger partial charge in [-0.1, -0.05) is 18.2 Å². The molecule has 1 aliphatic carbocycles. The zero-order chi connectivity index (χ0) is 23.3. The van der Waals surface area contributed by atoms with Gasteiger partial charge in [-0.15, -0.1) is 0 Å². The lowest BCUT2D eigenvalue weighted by atomic mass is 9.81. The number of aromatic nitrogens is 4. The minimum atomic E-state index is -3.78. The van der Waals surface area contributed by atoms with E-state index < -0.39 is 10.0 Å². The SMILES string of the molecule is Cn1cc(-c2cn(S(=O)(=O)c3ccccc3)c3ncc(C4CCC(N5CCC5)CC4)cc23)cn1. The molecule has 6 rings (SSSR count). The Morgan fingerprint density at radius 2 is 1.74 bits per heavy atom. The smallest absolute Gasteiger partial charge is 0.269 e. The van der Waals surface area contributed by atoms with Crippen LogP contribution in [-0.2, 0) is 17.1 Å². The molecule has 1 saturated heterocycles. The van der Waals surface area contributed by atoms with E-state index >= 15 is 0 Å². The summed E-state index contributed by atoms with van der Waals surface area (Å²) in [5.74, 6) is 0.463. The molecule has 0 bridgehead atoms. The van der Waals surface area contributed by atoms with Gasteiger partial charge >= 0.3 is 0 Å². The molecule has 4 heterocycles. The summed E-state index contributed by atoms with van der Waals surface area (Å²) in [7, 11) is -1.91. The van der Waals surface area contributed by atoms with E-state index in [1.54, 1.807) is 41.3 Å². The predicted molar refractivity (Wildman–Crippen MR) is 132 cm³/mol. The van der Waals surface area contributed by atoms with Crippen LogP contribution in [0.2, 0.25) is 0 Å². The van der Waals surface area contributed by atoms with Crippen molar-refractivity contribution in [3.05, 3.63) is 66.7 Å². The molecular weight excluding hydrogens is 446 g/mol. The molecule has 34 heavy (non-hydrogen) atoms. The third kappa shape index (κ3) is 3.65. The normalized spacial score (nSPS) is 21.6. The maximum Gasteiger partial charge on any atom is 0.269 e. The van der Waals surface area contributed by atoms with Crippen molar-refractivity contribution < 1.29 is 8.42 Å². The Morgan fingerprint density at radius 3 is 2.38 bits per heavy atom. The molecule has 3 aromatic heterocycles. The Kier molecular flexibility index (Phi) is 5.30. The molecule has 4 aromatic rings. The van der Waals surface area contributed by atoms with Crippen LogP contribution >= 0.6 is 0 Å². The highest BCUT2D eigenvalue weighted by atomic mass is 32.2. The number of pyridine rings is 1. The summed E-state index contributed by atoms with van der Waals surface area (Å²) < 4.78 is 30.1. The third-order valence-corrected chi connectivity index (χ3v) is 9.19. The summed E-state index contributed by atoms with van der Waals surface area (Å²) in [5.41, 5.74) is 3.39. The number of rotatable bonds is 5. The maximum atomic E-state index is 13.5. The number of nitrogens with zero attached hydrogens (tertiary/aromatic N) is 5. The second-order valence-corrected chi connectivity index (χ2v) is 11.4. The van der Waals surface area contributed by atoms with E-state index in [2.05, 4.69) is 16.1 Å². The van der Waals surface area contributed by atoms with E-state index in [9.17, 15) is 8.42 Å². The average molecular weight is 476 g/mol. The topological polar surface area (TPSA) is 73.0 Å². The highest BCUT2D eigenvalue weighted by Gasteiger charge is 2.30. The van der Waals surface area contributed by atoms with Crippen molar-refractivity contribution in [1.29, 1.82) is 0 Å². The Labute approximate surface area is 200 Å². The molecule has 1 saturated carbocycles. The van der Waals surface area contributed by atoms with Crippen LogP contribution in [0.4, 0.5) is 0 Å². The summed E-state index contributed by atoms with van der Waals surface area (Å²) in [4.78, 5) is 7.60. The summed E-state index contributed by atoms with van der Waals surface area (Å²) in [6.07, 6.45) is 13.4.